The zero-order valence-electron chi connectivity index (χ0n) is 15.9. The highest BCUT2D eigenvalue weighted by Crippen LogP contribution is 2.36. The largest absolute Gasteiger partial charge is 0.464 e. The summed E-state index contributed by atoms with van der Waals surface area (Å²) in [6.45, 7) is 4.97. The second-order valence-electron chi connectivity index (χ2n) is 6.65. The number of thiophene rings is 1. The number of aromatic amines is 1. The van der Waals surface area contributed by atoms with Crippen LogP contribution in [0.3, 0.4) is 0 Å². The summed E-state index contributed by atoms with van der Waals surface area (Å²) in [4.78, 5) is 26.0. The molecule has 146 valence electrons. The molecule has 0 amide bonds. The van der Waals surface area contributed by atoms with Crippen LogP contribution in [-0.2, 0) is 6.54 Å². The average Bonchev–Trinajstić information content (AvgIpc) is 3.45. The van der Waals surface area contributed by atoms with Crippen LogP contribution in [0.15, 0.2) is 62.4 Å². The van der Waals surface area contributed by atoms with Crippen molar-refractivity contribution in [3.63, 3.8) is 0 Å². The number of nitrogens with one attached hydrogen (secondary N) is 1. The number of H-pyrrole nitrogens is 1. The maximum atomic E-state index is 12.8. The van der Waals surface area contributed by atoms with Gasteiger partial charge in [-0.25, -0.2) is 9.97 Å². The molecule has 1 atom stereocenters. The summed E-state index contributed by atoms with van der Waals surface area (Å²) in [6, 6.07) is 11.8. The van der Waals surface area contributed by atoms with E-state index in [4.69, 9.17) is 14.4 Å². The Bertz CT molecular complexity index is 1360. The van der Waals surface area contributed by atoms with E-state index in [1.807, 2.05) is 42.6 Å². The second-order valence-corrected chi connectivity index (χ2v) is 8.81. The van der Waals surface area contributed by atoms with Gasteiger partial charge in [-0.05, 0) is 38.1 Å². The van der Waals surface area contributed by atoms with E-state index in [-0.39, 0.29) is 10.8 Å². The lowest BCUT2D eigenvalue weighted by Gasteiger charge is -2.11. The number of benzene rings is 1. The number of hydrogen-bond donors (Lipinski definition) is 1. The predicted octanol–water partition coefficient (Wildman–Crippen LogP) is 5.47. The van der Waals surface area contributed by atoms with Gasteiger partial charge in [0.1, 0.15) is 16.4 Å². The minimum Gasteiger partial charge on any atom is -0.464 e. The molecule has 0 fully saturated rings. The predicted molar refractivity (Wildman–Crippen MR) is 118 cm³/mol. The molecule has 6 nitrogen and oxygen atoms in total. The van der Waals surface area contributed by atoms with Gasteiger partial charge < -0.3 is 14.0 Å². The number of furan rings is 1. The maximum Gasteiger partial charge on any atom is 0.260 e. The van der Waals surface area contributed by atoms with Crippen LogP contribution in [0.25, 0.3) is 32.6 Å². The van der Waals surface area contributed by atoms with Gasteiger partial charge in [0.25, 0.3) is 5.56 Å². The van der Waals surface area contributed by atoms with Crippen molar-refractivity contribution >= 4 is 44.3 Å². The summed E-state index contributed by atoms with van der Waals surface area (Å²) in [6.07, 6.45) is 1.60. The van der Waals surface area contributed by atoms with E-state index in [2.05, 4.69) is 22.5 Å². The third-order valence-electron chi connectivity index (χ3n) is 4.85. The molecule has 0 aliphatic rings. The van der Waals surface area contributed by atoms with Crippen molar-refractivity contribution in [2.24, 2.45) is 0 Å². The number of thioether (sulfide) groups is 1. The number of para-hydroxylation sites is 2. The number of fused-ring (bicyclic) bond motifs is 2. The molecule has 29 heavy (non-hydrogen) atoms. The standard InChI is InChI=1S/C21H18N4O2S2/c1-3-25-15-8-5-4-7-14(15)22-21(25)29-12(2)18-23-19(26)17-13(11-28-20(17)24-18)16-9-6-10-27-16/h4-12H,3H2,1-2H3,(H,23,24,26). The van der Waals surface area contributed by atoms with Crippen molar-refractivity contribution in [3.05, 3.63) is 64.2 Å². The minimum atomic E-state index is -0.144. The molecule has 0 saturated heterocycles. The summed E-state index contributed by atoms with van der Waals surface area (Å²) >= 11 is 3.06. The number of aromatic nitrogens is 4. The van der Waals surface area contributed by atoms with Crippen molar-refractivity contribution in [1.29, 1.82) is 0 Å². The Morgan fingerprint density at radius 1 is 1.24 bits per heavy atom. The van der Waals surface area contributed by atoms with Crippen molar-refractivity contribution in [3.8, 4) is 11.3 Å². The van der Waals surface area contributed by atoms with Crippen LogP contribution < -0.4 is 5.56 Å². The lowest BCUT2D eigenvalue weighted by Crippen LogP contribution is -2.12. The van der Waals surface area contributed by atoms with Gasteiger partial charge in [-0.15, -0.1) is 11.3 Å². The number of nitrogens with zero attached hydrogens (tertiary/aromatic N) is 3. The average molecular weight is 423 g/mol. The van der Waals surface area contributed by atoms with Crippen molar-refractivity contribution in [2.45, 2.75) is 30.8 Å². The first-order valence-electron chi connectivity index (χ1n) is 9.33. The molecule has 0 saturated carbocycles. The van der Waals surface area contributed by atoms with E-state index in [1.54, 1.807) is 18.0 Å². The van der Waals surface area contributed by atoms with Crippen LogP contribution >= 0.6 is 23.1 Å². The molecule has 4 heterocycles. The molecule has 1 aromatic carbocycles. The van der Waals surface area contributed by atoms with Crippen molar-refractivity contribution in [2.75, 3.05) is 0 Å². The molecule has 0 aliphatic carbocycles. The molecule has 4 aromatic heterocycles. The van der Waals surface area contributed by atoms with Crippen molar-refractivity contribution < 1.29 is 4.42 Å². The highest BCUT2D eigenvalue weighted by Gasteiger charge is 2.20. The lowest BCUT2D eigenvalue weighted by atomic mass is 10.2. The van der Waals surface area contributed by atoms with Gasteiger partial charge in [-0.2, -0.15) is 0 Å². The minimum absolute atomic E-state index is 0.0524. The van der Waals surface area contributed by atoms with Gasteiger partial charge in [0.05, 0.1) is 27.9 Å². The summed E-state index contributed by atoms with van der Waals surface area (Å²) in [5.74, 6) is 1.32. The third kappa shape index (κ3) is 3.08. The van der Waals surface area contributed by atoms with Gasteiger partial charge >= 0.3 is 0 Å². The lowest BCUT2D eigenvalue weighted by molar-refractivity contribution is 0.583. The van der Waals surface area contributed by atoms with E-state index in [0.29, 0.717) is 21.8 Å². The zero-order valence-corrected chi connectivity index (χ0v) is 17.5. The number of imidazole rings is 1. The Morgan fingerprint density at radius 3 is 2.90 bits per heavy atom. The monoisotopic (exact) mass is 422 g/mol. The van der Waals surface area contributed by atoms with Crippen LogP contribution in [0, 0.1) is 0 Å². The normalized spacial score (nSPS) is 12.8. The van der Waals surface area contributed by atoms with Crippen LogP contribution in [-0.4, -0.2) is 19.5 Å². The number of aryl methyl sites for hydroxylation is 1. The Labute approximate surface area is 174 Å². The molecular weight excluding hydrogens is 404 g/mol. The van der Waals surface area contributed by atoms with E-state index in [0.717, 1.165) is 28.3 Å². The smallest absolute Gasteiger partial charge is 0.260 e. The quantitative estimate of drug-likeness (QED) is 0.380. The van der Waals surface area contributed by atoms with Crippen LogP contribution in [0.5, 0.6) is 0 Å². The van der Waals surface area contributed by atoms with Gasteiger partial charge in [-0.1, -0.05) is 23.9 Å². The summed E-state index contributed by atoms with van der Waals surface area (Å²) in [5.41, 5.74) is 2.72. The SMILES string of the molecule is CCn1c(SC(C)c2nc3scc(-c4ccco4)c3c(=O)[nH]2)nc2ccccc21. The first-order chi connectivity index (χ1) is 14.2. The van der Waals surface area contributed by atoms with Gasteiger partial charge in [0.15, 0.2) is 5.16 Å². The van der Waals surface area contributed by atoms with E-state index in [1.165, 1.54) is 11.3 Å². The fourth-order valence-corrected chi connectivity index (χ4v) is 5.41. The van der Waals surface area contributed by atoms with Gasteiger partial charge in [0.2, 0.25) is 0 Å². The summed E-state index contributed by atoms with van der Waals surface area (Å²) in [7, 11) is 0. The number of rotatable bonds is 5. The van der Waals surface area contributed by atoms with Crippen molar-refractivity contribution in [1.82, 2.24) is 19.5 Å². The summed E-state index contributed by atoms with van der Waals surface area (Å²) < 4.78 is 7.65. The van der Waals surface area contributed by atoms with E-state index in [9.17, 15) is 4.79 Å². The van der Waals surface area contributed by atoms with E-state index < -0.39 is 0 Å². The second kappa shape index (κ2) is 7.20. The molecule has 5 aromatic rings. The molecule has 0 radical (unpaired) electrons. The van der Waals surface area contributed by atoms with Crippen LogP contribution in [0.1, 0.15) is 24.9 Å². The van der Waals surface area contributed by atoms with E-state index >= 15 is 0 Å². The Balaban J connectivity index is 1.52. The van der Waals surface area contributed by atoms with Crippen LogP contribution in [0.4, 0.5) is 0 Å². The fourth-order valence-electron chi connectivity index (χ4n) is 3.43. The van der Waals surface area contributed by atoms with Gasteiger partial charge in [0, 0.05) is 17.5 Å². The highest BCUT2D eigenvalue weighted by atomic mass is 32.2. The summed E-state index contributed by atoms with van der Waals surface area (Å²) in [5, 5.41) is 3.37. The zero-order chi connectivity index (χ0) is 20.0. The molecule has 0 bridgehead atoms. The molecule has 5 rings (SSSR count). The topological polar surface area (TPSA) is 76.7 Å². The molecule has 0 spiro atoms. The Kier molecular flexibility index (Phi) is 4.52. The Hall–Kier alpha value is -2.84. The molecule has 0 aliphatic heterocycles. The molecule has 8 heteroatoms. The Morgan fingerprint density at radius 2 is 2.10 bits per heavy atom. The maximum absolute atomic E-state index is 12.8. The molecular formula is C21H18N4O2S2. The fraction of sp³-hybridized carbons (Fsp3) is 0.190. The molecule has 1 unspecified atom stereocenters. The highest BCUT2D eigenvalue weighted by molar-refractivity contribution is 7.99. The third-order valence-corrected chi connectivity index (χ3v) is 6.82. The first kappa shape index (κ1) is 18.2. The van der Waals surface area contributed by atoms with Gasteiger partial charge in [-0.3, -0.25) is 4.79 Å². The molecule has 1 N–H and O–H groups in total. The van der Waals surface area contributed by atoms with Crippen LogP contribution in [0.2, 0.25) is 0 Å². The number of hydrogen-bond acceptors (Lipinski definition) is 6. The first-order valence-corrected chi connectivity index (χ1v) is 11.1.